The SMILES string of the molecule is O=C(O)C1=NN(C/C=C/Cl)C(=O)CC1. The molecule has 1 heterocycles. The lowest BCUT2D eigenvalue weighted by Crippen LogP contribution is -2.34. The number of halogens is 1. The Morgan fingerprint density at radius 3 is 2.93 bits per heavy atom. The van der Waals surface area contributed by atoms with E-state index in [0.717, 1.165) is 5.01 Å². The van der Waals surface area contributed by atoms with Crippen LogP contribution in [-0.2, 0) is 9.59 Å². The maximum absolute atomic E-state index is 11.2. The maximum atomic E-state index is 11.2. The summed E-state index contributed by atoms with van der Waals surface area (Å²) < 4.78 is 0. The van der Waals surface area contributed by atoms with Crippen LogP contribution < -0.4 is 0 Å². The van der Waals surface area contributed by atoms with Crippen LogP contribution in [0.1, 0.15) is 12.8 Å². The first kappa shape index (κ1) is 10.7. The van der Waals surface area contributed by atoms with Gasteiger partial charge >= 0.3 is 5.97 Å². The molecule has 1 N–H and O–H groups in total. The summed E-state index contributed by atoms with van der Waals surface area (Å²) in [6, 6.07) is 0. The molecule has 0 aromatic rings. The van der Waals surface area contributed by atoms with E-state index in [2.05, 4.69) is 5.10 Å². The Morgan fingerprint density at radius 2 is 2.36 bits per heavy atom. The van der Waals surface area contributed by atoms with E-state index >= 15 is 0 Å². The summed E-state index contributed by atoms with van der Waals surface area (Å²) >= 11 is 5.28. The lowest BCUT2D eigenvalue weighted by Gasteiger charge is -2.20. The maximum Gasteiger partial charge on any atom is 0.352 e. The molecule has 0 fully saturated rings. The Balaban J connectivity index is 2.75. The van der Waals surface area contributed by atoms with Gasteiger partial charge in [-0.05, 0) is 0 Å². The third kappa shape index (κ3) is 2.56. The molecule has 76 valence electrons. The fraction of sp³-hybridized carbons (Fsp3) is 0.375. The van der Waals surface area contributed by atoms with Crippen molar-refractivity contribution in [1.29, 1.82) is 0 Å². The van der Waals surface area contributed by atoms with Gasteiger partial charge in [-0.25, -0.2) is 9.80 Å². The second kappa shape index (κ2) is 4.76. The summed E-state index contributed by atoms with van der Waals surface area (Å²) in [5, 5.41) is 13.4. The van der Waals surface area contributed by atoms with Gasteiger partial charge in [0.25, 0.3) is 0 Å². The number of hydrazone groups is 1. The summed E-state index contributed by atoms with van der Waals surface area (Å²) in [6.45, 7) is 0.207. The van der Waals surface area contributed by atoms with Crippen LogP contribution in [0, 0.1) is 0 Å². The van der Waals surface area contributed by atoms with Crippen LogP contribution in [0.3, 0.4) is 0 Å². The predicted octanol–water partition coefficient (Wildman–Crippen LogP) is 0.802. The zero-order valence-electron chi connectivity index (χ0n) is 7.31. The molecule has 0 aromatic heterocycles. The van der Waals surface area contributed by atoms with E-state index in [0.29, 0.717) is 0 Å². The third-order valence-electron chi connectivity index (χ3n) is 1.72. The minimum Gasteiger partial charge on any atom is -0.477 e. The Labute approximate surface area is 85.6 Å². The molecule has 0 atom stereocenters. The predicted molar refractivity (Wildman–Crippen MR) is 51.0 cm³/mol. The topological polar surface area (TPSA) is 70.0 Å². The van der Waals surface area contributed by atoms with Gasteiger partial charge in [0.05, 0.1) is 6.54 Å². The van der Waals surface area contributed by atoms with Gasteiger partial charge in [0.2, 0.25) is 5.91 Å². The Morgan fingerprint density at radius 1 is 1.64 bits per heavy atom. The average molecular weight is 217 g/mol. The Hall–Kier alpha value is -1.36. The van der Waals surface area contributed by atoms with Crippen LogP contribution in [-0.4, -0.2) is 34.2 Å². The first-order valence-corrected chi connectivity index (χ1v) is 4.45. The molecule has 0 saturated carbocycles. The molecule has 0 radical (unpaired) electrons. The molecular formula is C8H9ClN2O3. The van der Waals surface area contributed by atoms with Crippen molar-refractivity contribution < 1.29 is 14.7 Å². The molecule has 14 heavy (non-hydrogen) atoms. The van der Waals surface area contributed by atoms with Gasteiger partial charge in [-0.2, -0.15) is 5.10 Å². The number of hydrogen-bond acceptors (Lipinski definition) is 3. The number of hydrogen-bond donors (Lipinski definition) is 1. The summed E-state index contributed by atoms with van der Waals surface area (Å²) in [5.41, 5.74) is 1.27. The van der Waals surface area contributed by atoms with Crippen LogP contribution in [0.4, 0.5) is 0 Å². The molecule has 0 saturated heterocycles. The van der Waals surface area contributed by atoms with E-state index in [1.54, 1.807) is 0 Å². The standard InChI is InChI=1S/C8H9ClN2O3/c9-4-1-5-11-7(12)3-2-6(10-11)8(13)14/h1,4H,2-3,5H2,(H,13,14)/b4-1+. The highest BCUT2D eigenvalue weighted by Crippen LogP contribution is 2.09. The van der Waals surface area contributed by atoms with Gasteiger partial charge in [-0.1, -0.05) is 17.7 Å². The van der Waals surface area contributed by atoms with Crippen LogP contribution in [0.2, 0.25) is 0 Å². The monoisotopic (exact) mass is 216 g/mol. The van der Waals surface area contributed by atoms with E-state index < -0.39 is 5.97 Å². The number of carbonyl (C=O) groups is 2. The average Bonchev–Trinajstić information content (AvgIpc) is 2.16. The van der Waals surface area contributed by atoms with Gasteiger partial charge in [-0.15, -0.1) is 0 Å². The number of nitrogens with zero attached hydrogens (tertiary/aromatic N) is 2. The molecule has 5 nitrogen and oxygen atoms in total. The molecular weight excluding hydrogens is 208 g/mol. The van der Waals surface area contributed by atoms with Crippen molar-refractivity contribution in [3.05, 3.63) is 11.6 Å². The van der Waals surface area contributed by atoms with Crippen LogP contribution in [0.5, 0.6) is 0 Å². The van der Waals surface area contributed by atoms with Crippen molar-refractivity contribution >= 4 is 29.2 Å². The van der Waals surface area contributed by atoms with Crippen molar-refractivity contribution in [2.24, 2.45) is 5.10 Å². The van der Waals surface area contributed by atoms with E-state index in [1.807, 2.05) is 0 Å². The second-order valence-corrected chi connectivity index (χ2v) is 2.94. The van der Waals surface area contributed by atoms with Crippen LogP contribution in [0.15, 0.2) is 16.7 Å². The van der Waals surface area contributed by atoms with Crippen molar-refractivity contribution in [2.45, 2.75) is 12.8 Å². The molecule has 0 aliphatic carbocycles. The quantitative estimate of drug-likeness (QED) is 0.759. The van der Waals surface area contributed by atoms with Crippen molar-refractivity contribution in [3.8, 4) is 0 Å². The van der Waals surface area contributed by atoms with Crippen molar-refractivity contribution in [3.63, 3.8) is 0 Å². The lowest BCUT2D eigenvalue weighted by molar-refractivity contribution is -0.132. The minimum atomic E-state index is -1.09. The summed E-state index contributed by atoms with van der Waals surface area (Å²) in [4.78, 5) is 21.8. The highest BCUT2D eigenvalue weighted by atomic mass is 35.5. The number of rotatable bonds is 3. The number of carbonyl (C=O) groups excluding carboxylic acids is 1. The minimum absolute atomic E-state index is 0.00701. The first-order chi connectivity index (χ1) is 6.65. The van der Waals surface area contributed by atoms with E-state index in [-0.39, 0.29) is 31.0 Å². The molecule has 1 rings (SSSR count). The van der Waals surface area contributed by atoms with Crippen LogP contribution >= 0.6 is 11.6 Å². The fourth-order valence-corrected chi connectivity index (χ4v) is 1.12. The Bertz CT molecular complexity index is 312. The zero-order chi connectivity index (χ0) is 10.6. The molecule has 0 spiro atoms. The van der Waals surface area contributed by atoms with E-state index in [1.165, 1.54) is 11.6 Å². The highest BCUT2D eigenvalue weighted by Gasteiger charge is 2.22. The molecule has 6 heteroatoms. The van der Waals surface area contributed by atoms with Crippen molar-refractivity contribution in [2.75, 3.05) is 6.54 Å². The largest absolute Gasteiger partial charge is 0.477 e. The van der Waals surface area contributed by atoms with E-state index in [4.69, 9.17) is 16.7 Å². The van der Waals surface area contributed by atoms with Gasteiger partial charge in [0, 0.05) is 18.4 Å². The van der Waals surface area contributed by atoms with Crippen LogP contribution in [0.25, 0.3) is 0 Å². The summed E-state index contributed by atoms with van der Waals surface area (Å²) in [6.07, 6.45) is 1.89. The molecule has 1 aliphatic heterocycles. The van der Waals surface area contributed by atoms with Gasteiger partial charge in [-0.3, -0.25) is 4.79 Å². The van der Waals surface area contributed by atoms with Gasteiger partial charge in [0.1, 0.15) is 5.71 Å². The van der Waals surface area contributed by atoms with Gasteiger partial charge in [0.15, 0.2) is 0 Å². The fourth-order valence-electron chi connectivity index (χ4n) is 1.04. The highest BCUT2D eigenvalue weighted by molar-refractivity contribution is 6.36. The number of amides is 1. The number of carboxylic acids is 1. The Kier molecular flexibility index (Phi) is 3.64. The molecule has 0 bridgehead atoms. The van der Waals surface area contributed by atoms with Crippen molar-refractivity contribution in [1.82, 2.24) is 5.01 Å². The second-order valence-electron chi connectivity index (χ2n) is 2.69. The molecule has 0 unspecified atom stereocenters. The lowest BCUT2D eigenvalue weighted by atomic mass is 10.2. The molecule has 0 aromatic carbocycles. The molecule has 1 aliphatic rings. The van der Waals surface area contributed by atoms with Gasteiger partial charge < -0.3 is 5.11 Å². The number of aliphatic carboxylic acids is 1. The smallest absolute Gasteiger partial charge is 0.352 e. The molecule has 1 amide bonds. The summed E-state index contributed by atoms with van der Waals surface area (Å²) in [5.74, 6) is -1.28. The third-order valence-corrected chi connectivity index (χ3v) is 1.90. The first-order valence-electron chi connectivity index (χ1n) is 4.01. The zero-order valence-corrected chi connectivity index (χ0v) is 8.07. The van der Waals surface area contributed by atoms with E-state index in [9.17, 15) is 9.59 Å². The number of carboxylic acid groups (broad SMARTS) is 1. The summed E-state index contributed by atoms with van der Waals surface area (Å²) in [7, 11) is 0. The normalized spacial score (nSPS) is 17.4.